The van der Waals surface area contributed by atoms with Gasteiger partial charge in [-0.2, -0.15) is 0 Å². The molecule has 19 heavy (non-hydrogen) atoms. The van der Waals surface area contributed by atoms with E-state index in [1.54, 1.807) is 6.07 Å². The number of aliphatic hydroxyl groups is 1. The first-order valence-electron chi connectivity index (χ1n) is 6.49. The minimum atomic E-state index is -0.273. The molecule has 1 saturated carbocycles. The molecule has 5 nitrogen and oxygen atoms in total. The molecule has 2 unspecified atom stereocenters. The van der Waals surface area contributed by atoms with Gasteiger partial charge >= 0.3 is 0 Å². The van der Waals surface area contributed by atoms with Gasteiger partial charge in [0.15, 0.2) is 5.82 Å². The van der Waals surface area contributed by atoms with E-state index in [1.807, 2.05) is 20.8 Å². The first kappa shape index (κ1) is 14.5. The highest BCUT2D eigenvalue weighted by molar-refractivity contribution is 6.29. The summed E-state index contributed by atoms with van der Waals surface area (Å²) in [6.07, 6.45) is 0.445. The molecule has 0 saturated heterocycles. The standard InChI is InChI=1S/C13H20ClN3O2/c1-4-19-7-12-16-10(14)6-11(17-12)15-8-5-9(18)13(8,2)3/h6,8-9,18H,4-5,7H2,1-3H3,(H,15,16,17). The van der Waals surface area contributed by atoms with Crippen LogP contribution in [-0.4, -0.2) is 33.8 Å². The minimum absolute atomic E-state index is 0.155. The van der Waals surface area contributed by atoms with Gasteiger partial charge in [-0.25, -0.2) is 9.97 Å². The maximum atomic E-state index is 9.73. The lowest BCUT2D eigenvalue weighted by molar-refractivity contribution is -0.0511. The second-order valence-corrected chi connectivity index (χ2v) is 5.79. The summed E-state index contributed by atoms with van der Waals surface area (Å²) < 4.78 is 5.28. The van der Waals surface area contributed by atoms with Crippen molar-refractivity contribution in [3.05, 3.63) is 17.0 Å². The predicted molar refractivity (Wildman–Crippen MR) is 74.2 cm³/mol. The van der Waals surface area contributed by atoms with Crippen LogP contribution < -0.4 is 5.32 Å². The highest BCUT2D eigenvalue weighted by atomic mass is 35.5. The van der Waals surface area contributed by atoms with Crippen molar-refractivity contribution in [2.75, 3.05) is 11.9 Å². The first-order chi connectivity index (χ1) is 8.93. The third kappa shape index (κ3) is 3.16. The minimum Gasteiger partial charge on any atom is -0.392 e. The van der Waals surface area contributed by atoms with Crippen LogP contribution in [0, 0.1) is 5.41 Å². The van der Waals surface area contributed by atoms with Crippen molar-refractivity contribution in [3.63, 3.8) is 0 Å². The van der Waals surface area contributed by atoms with Gasteiger partial charge in [0.1, 0.15) is 17.6 Å². The summed E-state index contributed by atoms with van der Waals surface area (Å²) in [4.78, 5) is 8.48. The zero-order valence-corrected chi connectivity index (χ0v) is 12.2. The molecule has 0 bridgehead atoms. The summed E-state index contributed by atoms with van der Waals surface area (Å²) in [5, 5.41) is 13.4. The van der Waals surface area contributed by atoms with Crippen LogP contribution in [0.3, 0.4) is 0 Å². The average Bonchev–Trinajstić information content (AvgIpc) is 2.35. The normalized spacial score (nSPS) is 24.9. The Morgan fingerprint density at radius 1 is 1.53 bits per heavy atom. The number of nitrogens with one attached hydrogen (secondary N) is 1. The average molecular weight is 286 g/mol. The largest absolute Gasteiger partial charge is 0.392 e. The topological polar surface area (TPSA) is 67.3 Å². The fraction of sp³-hybridized carbons (Fsp3) is 0.692. The number of nitrogens with zero attached hydrogens (tertiary/aromatic N) is 2. The van der Waals surface area contributed by atoms with Crippen LogP contribution in [0.1, 0.15) is 33.0 Å². The zero-order chi connectivity index (χ0) is 14.0. The van der Waals surface area contributed by atoms with Gasteiger partial charge in [0.2, 0.25) is 0 Å². The van der Waals surface area contributed by atoms with Gasteiger partial charge in [-0.05, 0) is 13.3 Å². The highest BCUT2D eigenvalue weighted by Gasteiger charge is 2.47. The number of ether oxygens (including phenoxy) is 1. The Morgan fingerprint density at radius 3 is 2.84 bits per heavy atom. The fourth-order valence-corrected chi connectivity index (χ4v) is 2.32. The van der Waals surface area contributed by atoms with Gasteiger partial charge in [0, 0.05) is 24.1 Å². The molecular formula is C13H20ClN3O2. The monoisotopic (exact) mass is 285 g/mol. The van der Waals surface area contributed by atoms with Crippen LogP contribution in [0.25, 0.3) is 0 Å². The van der Waals surface area contributed by atoms with Gasteiger partial charge in [-0.3, -0.25) is 0 Å². The van der Waals surface area contributed by atoms with E-state index in [1.165, 1.54) is 0 Å². The van der Waals surface area contributed by atoms with E-state index in [4.69, 9.17) is 16.3 Å². The Morgan fingerprint density at radius 2 is 2.26 bits per heavy atom. The second-order valence-electron chi connectivity index (χ2n) is 5.40. The smallest absolute Gasteiger partial charge is 0.158 e. The maximum Gasteiger partial charge on any atom is 0.158 e. The van der Waals surface area contributed by atoms with Crippen molar-refractivity contribution in [2.24, 2.45) is 5.41 Å². The lowest BCUT2D eigenvalue weighted by Gasteiger charge is -2.49. The van der Waals surface area contributed by atoms with Gasteiger partial charge in [0.25, 0.3) is 0 Å². The Labute approximate surface area is 118 Å². The molecular weight excluding hydrogens is 266 g/mol. The highest BCUT2D eigenvalue weighted by Crippen LogP contribution is 2.42. The number of rotatable bonds is 5. The molecule has 1 aromatic rings. The fourth-order valence-electron chi connectivity index (χ4n) is 2.12. The van der Waals surface area contributed by atoms with E-state index in [9.17, 15) is 5.11 Å². The molecule has 0 spiro atoms. The van der Waals surface area contributed by atoms with Crippen molar-refractivity contribution >= 4 is 17.4 Å². The Hall–Kier alpha value is -0.910. The Kier molecular flexibility index (Phi) is 4.28. The van der Waals surface area contributed by atoms with Gasteiger partial charge in [0.05, 0.1) is 6.10 Å². The molecule has 1 aliphatic rings. The molecule has 106 valence electrons. The molecule has 2 rings (SSSR count). The number of aromatic nitrogens is 2. The first-order valence-corrected chi connectivity index (χ1v) is 6.87. The molecule has 1 fully saturated rings. The van der Waals surface area contributed by atoms with E-state index in [0.29, 0.717) is 30.0 Å². The molecule has 6 heteroatoms. The molecule has 0 aromatic carbocycles. The third-order valence-corrected chi connectivity index (χ3v) is 3.91. The van der Waals surface area contributed by atoms with Crippen LogP contribution in [0.15, 0.2) is 6.07 Å². The lowest BCUT2D eigenvalue weighted by Crippen LogP contribution is -2.57. The summed E-state index contributed by atoms with van der Waals surface area (Å²) in [7, 11) is 0. The molecule has 1 aromatic heterocycles. The van der Waals surface area contributed by atoms with Crippen LogP contribution in [0.5, 0.6) is 0 Å². The van der Waals surface area contributed by atoms with Crippen LogP contribution in [0.2, 0.25) is 5.15 Å². The SMILES string of the molecule is CCOCc1nc(Cl)cc(NC2CC(O)C2(C)C)n1. The number of hydrogen-bond donors (Lipinski definition) is 2. The molecule has 0 radical (unpaired) electrons. The van der Waals surface area contributed by atoms with E-state index in [2.05, 4.69) is 15.3 Å². The molecule has 0 amide bonds. The summed E-state index contributed by atoms with van der Waals surface area (Å²) in [6.45, 7) is 6.94. The van der Waals surface area contributed by atoms with Crippen molar-refractivity contribution in [3.8, 4) is 0 Å². The molecule has 1 heterocycles. The molecule has 0 aliphatic heterocycles. The molecule has 2 N–H and O–H groups in total. The zero-order valence-electron chi connectivity index (χ0n) is 11.5. The van der Waals surface area contributed by atoms with E-state index in [-0.39, 0.29) is 17.6 Å². The van der Waals surface area contributed by atoms with Crippen molar-refractivity contribution in [1.29, 1.82) is 0 Å². The van der Waals surface area contributed by atoms with Gasteiger partial charge < -0.3 is 15.2 Å². The summed E-state index contributed by atoms with van der Waals surface area (Å²) in [6, 6.07) is 1.88. The van der Waals surface area contributed by atoms with Gasteiger partial charge in [-0.15, -0.1) is 0 Å². The number of aliphatic hydroxyl groups excluding tert-OH is 1. The summed E-state index contributed by atoms with van der Waals surface area (Å²) in [5.74, 6) is 1.24. The van der Waals surface area contributed by atoms with Crippen LogP contribution in [-0.2, 0) is 11.3 Å². The maximum absolute atomic E-state index is 9.73. The van der Waals surface area contributed by atoms with E-state index >= 15 is 0 Å². The molecule has 2 atom stereocenters. The Balaban J connectivity index is 2.06. The Bertz CT molecular complexity index is 454. The quantitative estimate of drug-likeness (QED) is 0.812. The van der Waals surface area contributed by atoms with E-state index < -0.39 is 0 Å². The van der Waals surface area contributed by atoms with Crippen LogP contribution in [0.4, 0.5) is 5.82 Å². The number of halogens is 1. The molecule has 1 aliphatic carbocycles. The number of anilines is 1. The number of hydrogen-bond acceptors (Lipinski definition) is 5. The van der Waals surface area contributed by atoms with Gasteiger partial charge in [-0.1, -0.05) is 25.4 Å². The van der Waals surface area contributed by atoms with E-state index in [0.717, 1.165) is 6.42 Å². The summed E-state index contributed by atoms with van der Waals surface area (Å²) in [5.41, 5.74) is -0.155. The van der Waals surface area contributed by atoms with Crippen molar-refractivity contribution in [2.45, 2.75) is 45.9 Å². The van der Waals surface area contributed by atoms with Crippen molar-refractivity contribution in [1.82, 2.24) is 9.97 Å². The predicted octanol–water partition coefficient (Wildman–Crippen LogP) is 2.24. The summed E-state index contributed by atoms with van der Waals surface area (Å²) >= 11 is 5.98. The third-order valence-electron chi connectivity index (χ3n) is 3.71. The van der Waals surface area contributed by atoms with Crippen molar-refractivity contribution < 1.29 is 9.84 Å². The lowest BCUT2D eigenvalue weighted by atomic mass is 9.64. The van der Waals surface area contributed by atoms with Crippen LogP contribution >= 0.6 is 11.6 Å². The second kappa shape index (κ2) is 5.61.